The quantitative estimate of drug-likeness (QED) is 0.547. The second-order valence-corrected chi connectivity index (χ2v) is 4.27. The van der Waals surface area contributed by atoms with Crippen LogP contribution in [0, 0.1) is 11.8 Å². The largest absolute Gasteiger partial charge is 0.469 e. The summed E-state index contributed by atoms with van der Waals surface area (Å²) in [5.74, 6) is 0.308. The van der Waals surface area contributed by atoms with Gasteiger partial charge < -0.3 is 4.74 Å². The van der Waals surface area contributed by atoms with Crippen molar-refractivity contribution in [2.45, 2.75) is 46.5 Å². The van der Waals surface area contributed by atoms with Gasteiger partial charge in [-0.25, -0.2) is 0 Å². The van der Waals surface area contributed by atoms with Crippen LogP contribution in [0.3, 0.4) is 0 Å². The van der Waals surface area contributed by atoms with Gasteiger partial charge in [-0.3, -0.25) is 9.59 Å². The highest BCUT2D eigenvalue weighted by Crippen LogP contribution is 2.34. The minimum absolute atomic E-state index is 0. The molecular formula is C14H24O3. The zero-order valence-corrected chi connectivity index (χ0v) is 10.1. The number of carbonyl (C=O) groups is 2. The van der Waals surface area contributed by atoms with E-state index in [1.165, 1.54) is 7.11 Å². The Labute approximate surface area is 104 Å². The lowest BCUT2D eigenvalue weighted by molar-refractivity contribution is -0.142. The molecule has 1 fully saturated rings. The van der Waals surface area contributed by atoms with Crippen LogP contribution in [0.25, 0.3) is 0 Å². The first-order valence-electron chi connectivity index (χ1n) is 5.93. The molecular weight excluding hydrogens is 216 g/mol. The number of carbonyl (C=O) groups excluding carboxylic acids is 2. The third kappa shape index (κ3) is 4.72. The van der Waals surface area contributed by atoms with Crippen LogP contribution in [0.2, 0.25) is 0 Å². The molecule has 98 valence electrons. The van der Waals surface area contributed by atoms with E-state index in [-0.39, 0.29) is 25.2 Å². The van der Waals surface area contributed by atoms with E-state index >= 15 is 0 Å². The first-order valence-corrected chi connectivity index (χ1v) is 5.93. The molecule has 17 heavy (non-hydrogen) atoms. The maximum atomic E-state index is 11.7. The van der Waals surface area contributed by atoms with E-state index in [0.29, 0.717) is 18.6 Å². The molecule has 3 nitrogen and oxygen atoms in total. The molecule has 2 atom stereocenters. The summed E-state index contributed by atoms with van der Waals surface area (Å²) in [4.78, 5) is 22.9. The minimum atomic E-state index is -0.204. The van der Waals surface area contributed by atoms with Crippen molar-refractivity contribution in [3.05, 3.63) is 12.2 Å². The fraction of sp³-hybridized carbons (Fsp3) is 0.714. The van der Waals surface area contributed by atoms with Crippen molar-refractivity contribution in [2.75, 3.05) is 7.11 Å². The number of ketones is 1. The SMILES string of the molecule is C.CC/C=C\C[C@H]1C(=O)CC[C@H]1CC(=O)OC. The number of hydrogen-bond acceptors (Lipinski definition) is 3. The van der Waals surface area contributed by atoms with Gasteiger partial charge in [0.15, 0.2) is 0 Å². The van der Waals surface area contributed by atoms with E-state index < -0.39 is 0 Å². The van der Waals surface area contributed by atoms with Crippen molar-refractivity contribution in [3.8, 4) is 0 Å². The molecule has 1 saturated carbocycles. The molecule has 1 aliphatic carbocycles. The molecule has 0 N–H and O–H groups in total. The first kappa shape index (κ1) is 15.9. The average Bonchev–Trinajstić information content (AvgIpc) is 2.61. The van der Waals surface area contributed by atoms with Gasteiger partial charge in [0, 0.05) is 18.8 Å². The topological polar surface area (TPSA) is 43.4 Å². The van der Waals surface area contributed by atoms with Gasteiger partial charge in [0.25, 0.3) is 0 Å². The van der Waals surface area contributed by atoms with Crippen molar-refractivity contribution in [1.29, 1.82) is 0 Å². The summed E-state index contributed by atoms with van der Waals surface area (Å²) >= 11 is 0. The standard InChI is InChI=1S/C13H20O3.CH4/c1-3-4-5-6-11-10(7-8-12(11)14)9-13(15)16-2;/h4-5,10-11H,3,6-9H2,1-2H3;1H4/b5-4-;/t10-,11+;/m0./s1. The molecule has 0 spiro atoms. The summed E-state index contributed by atoms with van der Waals surface area (Å²) in [5, 5.41) is 0. The van der Waals surface area contributed by atoms with Crippen LogP contribution in [0.5, 0.6) is 0 Å². The van der Waals surface area contributed by atoms with Crippen molar-refractivity contribution in [3.63, 3.8) is 0 Å². The molecule has 0 bridgehead atoms. The van der Waals surface area contributed by atoms with E-state index in [9.17, 15) is 9.59 Å². The lowest BCUT2D eigenvalue weighted by atomic mass is 9.89. The third-order valence-electron chi connectivity index (χ3n) is 3.19. The van der Waals surface area contributed by atoms with Crippen LogP contribution in [0.4, 0.5) is 0 Å². The number of allylic oxidation sites excluding steroid dienone is 2. The number of ether oxygens (including phenoxy) is 1. The summed E-state index contributed by atoms with van der Waals surface area (Å²) < 4.78 is 4.65. The molecule has 1 aliphatic rings. The summed E-state index contributed by atoms with van der Waals surface area (Å²) in [6.45, 7) is 2.07. The third-order valence-corrected chi connectivity index (χ3v) is 3.19. The van der Waals surface area contributed by atoms with E-state index in [1.54, 1.807) is 0 Å². The summed E-state index contributed by atoms with van der Waals surface area (Å²) in [6.07, 6.45) is 7.72. The Morgan fingerprint density at radius 1 is 1.47 bits per heavy atom. The summed E-state index contributed by atoms with van der Waals surface area (Å²) in [5.41, 5.74) is 0. The van der Waals surface area contributed by atoms with E-state index in [1.807, 2.05) is 0 Å². The van der Waals surface area contributed by atoms with Crippen LogP contribution >= 0.6 is 0 Å². The van der Waals surface area contributed by atoms with Gasteiger partial charge in [0.2, 0.25) is 0 Å². The number of Topliss-reactive ketones (excluding diaryl/α,β-unsaturated/α-hetero) is 1. The lowest BCUT2D eigenvalue weighted by Gasteiger charge is -2.15. The van der Waals surface area contributed by atoms with Crippen molar-refractivity contribution < 1.29 is 14.3 Å². The second-order valence-electron chi connectivity index (χ2n) is 4.27. The van der Waals surface area contributed by atoms with Gasteiger partial charge >= 0.3 is 5.97 Å². The van der Waals surface area contributed by atoms with E-state index in [0.717, 1.165) is 19.3 Å². The smallest absolute Gasteiger partial charge is 0.305 e. The Hall–Kier alpha value is -1.12. The number of esters is 1. The highest BCUT2D eigenvalue weighted by atomic mass is 16.5. The van der Waals surface area contributed by atoms with Crippen molar-refractivity contribution in [1.82, 2.24) is 0 Å². The zero-order chi connectivity index (χ0) is 12.0. The highest BCUT2D eigenvalue weighted by molar-refractivity contribution is 5.84. The van der Waals surface area contributed by atoms with Crippen molar-refractivity contribution >= 4 is 11.8 Å². The highest BCUT2D eigenvalue weighted by Gasteiger charge is 2.34. The molecule has 0 aromatic carbocycles. The maximum Gasteiger partial charge on any atom is 0.305 e. The molecule has 1 rings (SSSR count). The fourth-order valence-corrected chi connectivity index (χ4v) is 2.25. The Morgan fingerprint density at radius 2 is 2.18 bits per heavy atom. The predicted octanol–water partition coefficient (Wildman–Crippen LogP) is 3.14. The predicted molar refractivity (Wildman–Crippen MR) is 68.6 cm³/mol. The fourth-order valence-electron chi connectivity index (χ4n) is 2.25. The van der Waals surface area contributed by atoms with Crippen LogP contribution in [-0.4, -0.2) is 18.9 Å². The molecule has 0 heterocycles. The number of methoxy groups -OCH3 is 1. The zero-order valence-electron chi connectivity index (χ0n) is 10.1. The van der Waals surface area contributed by atoms with Crippen LogP contribution < -0.4 is 0 Å². The maximum absolute atomic E-state index is 11.7. The Balaban J connectivity index is 0.00000256. The van der Waals surface area contributed by atoms with E-state index in [2.05, 4.69) is 23.8 Å². The van der Waals surface area contributed by atoms with Gasteiger partial charge in [-0.15, -0.1) is 0 Å². The van der Waals surface area contributed by atoms with Gasteiger partial charge in [-0.1, -0.05) is 26.5 Å². The van der Waals surface area contributed by atoms with Gasteiger partial charge in [-0.2, -0.15) is 0 Å². The van der Waals surface area contributed by atoms with Crippen LogP contribution in [0.1, 0.15) is 46.5 Å². The molecule has 0 radical (unpaired) electrons. The monoisotopic (exact) mass is 240 g/mol. The normalized spacial score (nSPS) is 23.8. The molecule has 0 amide bonds. The molecule has 0 saturated heterocycles. The molecule has 0 unspecified atom stereocenters. The van der Waals surface area contributed by atoms with Gasteiger partial charge in [0.05, 0.1) is 7.11 Å². The summed E-state index contributed by atoms with van der Waals surface area (Å²) in [6, 6.07) is 0. The number of rotatable bonds is 5. The minimum Gasteiger partial charge on any atom is -0.469 e. The number of hydrogen-bond donors (Lipinski definition) is 0. The summed E-state index contributed by atoms with van der Waals surface area (Å²) in [7, 11) is 1.39. The van der Waals surface area contributed by atoms with Gasteiger partial charge in [0.1, 0.15) is 5.78 Å². The van der Waals surface area contributed by atoms with Gasteiger partial charge in [-0.05, 0) is 25.2 Å². The van der Waals surface area contributed by atoms with E-state index in [4.69, 9.17) is 0 Å². The first-order chi connectivity index (χ1) is 7.69. The average molecular weight is 240 g/mol. The Morgan fingerprint density at radius 3 is 2.76 bits per heavy atom. The molecule has 0 aromatic rings. The second kappa shape index (κ2) is 8.04. The van der Waals surface area contributed by atoms with Crippen LogP contribution in [-0.2, 0) is 14.3 Å². The van der Waals surface area contributed by atoms with Crippen molar-refractivity contribution in [2.24, 2.45) is 11.8 Å². The van der Waals surface area contributed by atoms with Crippen LogP contribution in [0.15, 0.2) is 12.2 Å². The molecule has 0 aliphatic heterocycles. The lowest BCUT2D eigenvalue weighted by Crippen LogP contribution is -2.18. The Kier molecular flexibility index (Phi) is 7.51. The molecule has 3 heteroatoms. The Bertz CT molecular complexity index is 281. The molecule has 0 aromatic heterocycles.